The molecular formula is C22H18N6O2. The summed E-state index contributed by atoms with van der Waals surface area (Å²) in [5.74, 6) is 1.78. The Balaban J connectivity index is 1.55. The van der Waals surface area contributed by atoms with Crippen LogP contribution in [-0.4, -0.2) is 38.8 Å². The fourth-order valence-corrected chi connectivity index (χ4v) is 3.28. The maximum absolute atomic E-state index is 5.32. The Morgan fingerprint density at radius 3 is 2.53 bits per heavy atom. The second kappa shape index (κ2) is 7.32. The van der Waals surface area contributed by atoms with E-state index in [0.29, 0.717) is 28.8 Å². The highest BCUT2D eigenvalue weighted by Crippen LogP contribution is 2.28. The molecule has 0 radical (unpaired) electrons. The van der Waals surface area contributed by atoms with Crippen molar-refractivity contribution in [2.75, 3.05) is 19.5 Å². The molecule has 3 aromatic heterocycles. The molecule has 0 saturated carbocycles. The van der Waals surface area contributed by atoms with E-state index in [1.54, 1.807) is 43.4 Å². The number of methoxy groups -OCH3 is 2. The molecule has 0 atom stereocenters. The number of ether oxygens (including phenoxy) is 2. The zero-order valence-corrected chi connectivity index (χ0v) is 16.4. The number of hydrogen-bond donors (Lipinski definition) is 1. The average molecular weight is 398 g/mol. The molecule has 8 heteroatoms. The summed E-state index contributed by atoms with van der Waals surface area (Å²) in [5.41, 5.74) is 3.90. The smallest absolute Gasteiger partial charge is 0.247 e. The highest BCUT2D eigenvalue weighted by Gasteiger charge is 2.13. The molecule has 5 aromatic rings. The van der Waals surface area contributed by atoms with Crippen molar-refractivity contribution < 1.29 is 9.47 Å². The number of pyridine rings is 1. The Kier molecular flexibility index (Phi) is 4.36. The lowest BCUT2D eigenvalue weighted by Crippen LogP contribution is -1.95. The van der Waals surface area contributed by atoms with E-state index in [4.69, 9.17) is 9.47 Å². The van der Waals surface area contributed by atoms with Crippen LogP contribution in [0.3, 0.4) is 0 Å². The van der Waals surface area contributed by atoms with Crippen LogP contribution in [0.5, 0.6) is 11.5 Å². The van der Waals surface area contributed by atoms with Gasteiger partial charge in [0.25, 0.3) is 0 Å². The summed E-state index contributed by atoms with van der Waals surface area (Å²) < 4.78 is 12.3. The lowest BCUT2D eigenvalue weighted by molar-refractivity contribution is 0.395. The fraction of sp³-hybridized carbons (Fsp3) is 0.0909. The number of anilines is 2. The van der Waals surface area contributed by atoms with Gasteiger partial charge in [0.15, 0.2) is 5.65 Å². The Morgan fingerprint density at radius 1 is 0.933 bits per heavy atom. The van der Waals surface area contributed by atoms with Crippen molar-refractivity contribution in [3.63, 3.8) is 0 Å². The predicted octanol–water partition coefficient (Wildman–Crippen LogP) is 4.10. The van der Waals surface area contributed by atoms with E-state index in [2.05, 4.69) is 31.4 Å². The highest BCUT2D eigenvalue weighted by molar-refractivity contribution is 5.85. The third-order valence-electron chi connectivity index (χ3n) is 4.73. The number of fused-ring (bicyclic) bond motifs is 2. The lowest BCUT2D eigenvalue weighted by atomic mass is 10.1. The number of benzene rings is 2. The van der Waals surface area contributed by atoms with Crippen molar-refractivity contribution in [3.8, 4) is 22.8 Å². The van der Waals surface area contributed by atoms with Gasteiger partial charge in [-0.25, -0.2) is 4.52 Å². The molecule has 0 aliphatic rings. The predicted molar refractivity (Wildman–Crippen MR) is 114 cm³/mol. The summed E-state index contributed by atoms with van der Waals surface area (Å²) in [4.78, 5) is 13.7. The first-order valence-electron chi connectivity index (χ1n) is 9.30. The number of rotatable bonds is 5. The van der Waals surface area contributed by atoms with Crippen molar-refractivity contribution in [2.45, 2.75) is 0 Å². The van der Waals surface area contributed by atoms with Gasteiger partial charge in [0.05, 0.1) is 19.7 Å². The molecule has 0 unspecified atom stereocenters. The van der Waals surface area contributed by atoms with Crippen LogP contribution in [0.2, 0.25) is 0 Å². The maximum atomic E-state index is 5.32. The zero-order chi connectivity index (χ0) is 20.5. The number of aromatic nitrogens is 5. The molecule has 0 fully saturated rings. The Bertz CT molecular complexity index is 1340. The van der Waals surface area contributed by atoms with Crippen LogP contribution in [0.25, 0.3) is 27.8 Å². The van der Waals surface area contributed by atoms with Crippen molar-refractivity contribution >= 4 is 28.2 Å². The van der Waals surface area contributed by atoms with Gasteiger partial charge < -0.3 is 14.8 Å². The summed E-state index contributed by atoms with van der Waals surface area (Å²) in [5, 5.41) is 8.77. The third-order valence-corrected chi connectivity index (χ3v) is 4.73. The van der Waals surface area contributed by atoms with Crippen molar-refractivity contribution in [2.24, 2.45) is 0 Å². The summed E-state index contributed by atoms with van der Waals surface area (Å²) >= 11 is 0. The summed E-state index contributed by atoms with van der Waals surface area (Å²) in [6.07, 6.45) is 5.27. The first-order valence-corrected chi connectivity index (χ1v) is 9.30. The Morgan fingerprint density at radius 2 is 1.73 bits per heavy atom. The number of hydrogen-bond acceptors (Lipinski definition) is 7. The minimum absolute atomic E-state index is 0.438. The SMILES string of the molecule is COc1cc(Nc2nc3c(-c4cnc5ccccc5c4)nccn3n2)cc(OC)c1. The fourth-order valence-electron chi connectivity index (χ4n) is 3.28. The molecule has 30 heavy (non-hydrogen) atoms. The average Bonchev–Trinajstić information content (AvgIpc) is 3.20. The van der Waals surface area contributed by atoms with Gasteiger partial charge in [0, 0.05) is 53.4 Å². The maximum Gasteiger partial charge on any atom is 0.247 e. The molecule has 148 valence electrons. The molecule has 0 bridgehead atoms. The molecule has 3 heterocycles. The minimum atomic E-state index is 0.438. The second-order valence-corrected chi connectivity index (χ2v) is 6.62. The molecule has 0 spiro atoms. The number of nitrogens with one attached hydrogen (secondary N) is 1. The molecule has 0 saturated heterocycles. The van der Waals surface area contributed by atoms with Gasteiger partial charge in [-0.3, -0.25) is 9.97 Å². The molecule has 5 rings (SSSR count). The van der Waals surface area contributed by atoms with Crippen LogP contribution >= 0.6 is 0 Å². The summed E-state index contributed by atoms with van der Waals surface area (Å²) in [7, 11) is 3.22. The quantitative estimate of drug-likeness (QED) is 0.477. The first kappa shape index (κ1) is 17.9. The van der Waals surface area contributed by atoms with E-state index < -0.39 is 0 Å². The van der Waals surface area contributed by atoms with E-state index >= 15 is 0 Å². The van der Waals surface area contributed by atoms with E-state index in [1.807, 2.05) is 36.4 Å². The summed E-state index contributed by atoms with van der Waals surface area (Å²) in [6, 6.07) is 15.5. The van der Waals surface area contributed by atoms with Crippen molar-refractivity contribution in [1.29, 1.82) is 0 Å². The van der Waals surface area contributed by atoms with Gasteiger partial charge in [-0.05, 0) is 12.1 Å². The van der Waals surface area contributed by atoms with E-state index in [0.717, 1.165) is 22.2 Å². The van der Waals surface area contributed by atoms with Crippen LogP contribution in [0, 0.1) is 0 Å². The number of para-hydroxylation sites is 1. The van der Waals surface area contributed by atoms with Crippen molar-refractivity contribution in [3.05, 3.63) is 67.1 Å². The lowest BCUT2D eigenvalue weighted by Gasteiger charge is -2.08. The van der Waals surface area contributed by atoms with E-state index in [1.165, 1.54) is 0 Å². The van der Waals surface area contributed by atoms with Gasteiger partial charge in [-0.1, -0.05) is 18.2 Å². The largest absolute Gasteiger partial charge is 0.497 e. The molecule has 1 N–H and O–H groups in total. The van der Waals surface area contributed by atoms with Gasteiger partial charge in [0.2, 0.25) is 5.95 Å². The molecule has 8 nitrogen and oxygen atoms in total. The van der Waals surface area contributed by atoms with Crippen LogP contribution in [0.4, 0.5) is 11.6 Å². The first-order chi connectivity index (χ1) is 14.7. The standard InChI is InChI=1S/C22H18N6O2/c1-29-17-10-16(11-18(12-17)30-2)25-22-26-21-20(23-7-8-28(21)27-22)15-9-14-5-3-4-6-19(14)24-13-15/h3-13H,1-2H3,(H,25,27). The van der Waals surface area contributed by atoms with Gasteiger partial charge >= 0.3 is 0 Å². The van der Waals surface area contributed by atoms with Crippen molar-refractivity contribution in [1.82, 2.24) is 24.6 Å². The monoisotopic (exact) mass is 398 g/mol. The number of nitrogens with zero attached hydrogens (tertiary/aromatic N) is 5. The molecule has 0 amide bonds. The van der Waals surface area contributed by atoms with Crippen LogP contribution in [-0.2, 0) is 0 Å². The second-order valence-electron chi connectivity index (χ2n) is 6.62. The van der Waals surface area contributed by atoms with Crippen LogP contribution < -0.4 is 14.8 Å². The minimum Gasteiger partial charge on any atom is -0.497 e. The van der Waals surface area contributed by atoms with Gasteiger partial charge in [0.1, 0.15) is 17.2 Å². The van der Waals surface area contributed by atoms with E-state index in [-0.39, 0.29) is 0 Å². The Labute approximate surface area is 172 Å². The van der Waals surface area contributed by atoms with Gasteiger partial charge in [-0.15, -0.1) is 5.10 Å². The van der Waals surface area contributed by atoms with Gasteiger partial charge in [-0.2, -0.15) is 4.98 Å². The normalized spacial score (nSPS) is 11.0. The van der Waals surface area contributed by atoms with Crippen LogP contribution in [0.15, 0.2) is 67.1 Å². The zero-order valence-electron chi connectivity index (χ0n) is 16.4. The third kappa shape index (κ3) is 3.24. The molecule has 0 aliphatic heterocycles. The topological polar surface area (TPSA) is 86.5 Å². The van der Waals surface area contributed by atoms with E-state index in [9.17, 15) is 0 Å². The molecule has 2 aromatic carbocycles. The van der Waals surface area contributed by atoms with Crippen LogP contribution in [0.1, 0.15) is 0 Å². The molecular weight excluding hydrogens is 380 g/mol. The summed E-state index contributed by atoms with van der Waals surface area (Å²) in [6.45, 7) is 0. The molecule has 0 aliphatic carbocycles. The highest BCUT2D eigenvalue weighted by atomic mass is 16.5. The Hall–Kier alpha value is -4.20.